The summed E-state index contributed by atoms with van der Waals surface area (Å²) in [6, 6.07) is 7.26. The van der Waals surface area contributed by atoms with Crippen molar-refractivity contribution in [3.8, 4) is 0 Å². The summed E-state index contributed by atoms with van der Waals surface area (Å²) in [6.45, 7) is 0. The minimum atomic E-state index is -2.26. The molecule has 0 spiro atoms. The number of nitrogens with zero attached hydrogens (tertiary/aromatic N) is 2. The molecule has 0 amide bonds. The van der Waals surface area contributed by atoms with Gasteiger partial charge in [-0.2, -0.15) is 0 Å². The van der Waals surface area contributed by atoms with Crippen molar-refractivity contribution in [2.45, 2.75) is 24.7 Å². The normalized spacial score (nSPS) is 22.2. The minimum Gasteiger partial charge on any atom is -0.465 e. The Morgan fingerprint density at radius 2 is 1.62 bits per heavy atom. The van der Waals surface area contributed by atoms with Crippen molar-refractivity contribution in [1.29, 1.82) is 0 Å². The number of rotatable bonds is 6. The lowest BCUT2D eigenvalue weighted by Gasteiger charge is -2.21. The minimum absolute atomic E-state index is 0.157. The fraction of sp³-hybridized carbons (Fsp3) is 0.263. The lowest BCUT2D eigenvalue weighted by atomic mass is 9.97. The van der Waals surface area contributed by atoms with E-state index in [9.17, 15) is 39.3 Å². The molecule has 0 saturated carbocycles. The summed E-state index contributed by atoms with van der Waals surface area (Å²) >= 11 is 0. The lowest BCUT2D eigenvalue weighted by molar-refractivity contribution is -0.385. The molecule has 0 bridgehead atoms. The standard InChI is InChI=1S/C19H15FN2O10/c1-30-18(24)12-7-6-11(22(28)29)8-13(12)15-16(14(20)19(25)31-15)32-17(23)9-2-4-10(5-3-9)21(26)27/h2-8,14-16,19,25H,1H3/t14-,15+,16-,19?/m0/s1. The van der Waals surface area contributed by atoms with Gasteiger partial charge in [0.05, 0.1) is 28.1 Å². The number of aliphatic hydroxyl groups is 1. The number of ether oxygens (including phenoxy) is 3. The van der Waals surface area contributed by atoms with E-state index in [2.05, 4.69) is 4.74 Å². The number of non-ortho nitro benzene ring substituents is 2. The molecule has 1 heterocycles. The molecule has 3 rings (SSSR count). The summed E-state index contributed by atoms with van der Waals surface area (Å²) < 4.78 is 29.5. The third-order valence-corrected chi connectivity index (χ3v) is 4.69. The van der Waals surface area contributed by atoms with Crippen LogP contribution in [0.2, 0.25) is 0 Å². The number of hydrogen-bond acceptors (Lipinski definition) is 10. The first-order chi connectivity index (χ1) is 15.1. The van der Waals surface area contributed by atoms with Gasteiger partial charge in [-0.05, 0) is 18.2 Å². The summed E-state index contributed by atoms with van der Waals surface area (Å²) in [5, 5.41) is 31.7. The van der Waals surface area contributed by atoms with E-state index < -0.39 is 52.1 Å². The van der Waals surface area contributed by atoms with Gasteiger partial charge in [0.15, 0.2) is 18.6 Å². The molecule has 4 atom stereocenters. The van der Waals surface area contributed by atoms with Crippen molar-refractivity contribution in [3.05, 3.63) is 79.4 Å². The molecule has 0 radical (unpaired) electrons. The van der Waals surface area contributed by atoms with Gasteiger partial charge in [0.2, 0.25) is 0 Å². The molecule has 1 saturated heterocycles. The fourth-order valence-electron chi connectivity index (χ4n) is 3.11. The zero-order valence-electron chi connectivity index (χ0n) is 16.2. The van der Waals surface area contributed by atoms with Gasteiger partial charge in [0.25, 0.3) is 11.4 Å². The monoisotopic (exact) mass is 450 g/mol. The maximum absolute atomic E-state index is 14.6. The Balaban J connectivity index is 1.96. The van der Waals surface area contributed by atoms with Crippen LogP contribution in [-0.2, 0) is 14.2 Å². The van der Waals surface area contributed by atoms with E-state index in [1.807, 2.05) is 0 Å². The topological polar surface area (TPSA) is 168 Å². The van der Waals surface area contributed by atoms with Crippen molar-refractivity contribution >= 4 is 23.3 Å². The Bertz CT molecular complexity index is 1070. The van der Waals surface area contributed by atoms with Gasteiger partial charge in [-0.3, -0.25) is 20.2 Å². The highest BCUT2D eigenvalue weighted by atomic mass is 19.1. The molecule has 1 unspecified atom stereocenters. The summed E-state index contributed by atoms with van der Waals surface area (Å²) in [5.41, 5.74) is -1.36. The first kappa shape index (κ1) is 22.7. The molecule has 1 fully saturated rings. The van der Waals surface area contributed by atoms with E-state index in [1.165, 1.54) is 0 Å². The number of nitro benzene ring substituents is 2. The number of methoxy groups -OCH3 is 1. The van der Waals surface area contributed by atoms with Crippen molar-refractivity contribution < 1.29 is 43.1 Å². The van der Waals surface area contributed by atoms with Crippen LogP contribution in [0.25, 0.3) is 0 Å². The lowest BCUT2D eigenvalue weighted by Crippen LogP contribution is -2.32. The highest BCUT2D eigenvalue weighted by Gasteiger charge is 2.49. The molecule has 168 valence electrons. The van der Waals surface area contributed by atoms with Crippen LogP contribution in [-0.4, -0.2) is 52.6 Å². The van der Waals surface area contributed by atoms with E-state index in [1.54, 1.807) is 0 Å². The van der Waals surface area contributed by atoms with Gasteiger partial charge in [-0.15, -0.1) is 0 Å². The summed E-state index contributed by atoms with van der Waals surface area (Å²) in [5.74, 6) is -2.02. The largest absolute Gasteiger partial charge is 0.465 e. The second kappa shape index (κ2) is 9.03. The van der Waals surface area contributed by atoms with Crippen molar-refractivity contribution in [2.24, 2.45) is 0 Å². The van der Waals surface area contributed by atoms with Crippen LogP contribution >= 0.6 is 0 Å². The van der Waals surface area contributed by atoms with Crippen LogP contribution < -0.4 is 0 Å². The van der Waals surface area contributed by atoms with Crippen LogP contribution in [0.5, 0.6) is 0 Å². The van der Waals surface area contributed by atoms with E-state index in [0.717, 1.165) is 49.6 Å². The van der Waals surface area contributed by atoms with E-state index in [-0.39, 0.29) is 22.4 Å². The predicted octanol–water partition coefficient (Wildman–Crippen LogP) is 2.24. The number of halogens is 1. The molecule has 0 aromatic heterocycles. The molecule has 13 heteroatoms. The van der Waals surface area contributed by atoms with Crippen LogP contribution in [0.3, 0.4) is 0 Å². The summed E-state index contributed by atoms with van der Waals surface area (Å²) in [6.07, 6.45) is -7.69. The van der Waals surface area contributed by atoms with E-state index >= 15 is 0 Å². The zero-order chi connectivity index (χ0) is 23.6. The van der Waals surface area contributed by atoms with Crippen molar-refractivity contribution in [2.75, 3.05) is 7.11 Å². The van der Waals surface area contributed by atoms with Crippen molar-refractivity contribution in [3.63, 3.8) is 0 Å². The third-order valence-electron chi connectivity index (χ3n) is 4.69. The third kappa shape index (κ3) is 4.38. The van der Waals surface area contributed by atoms with Gasteiger partial charge in [-0.25, -0.2) is 14.0 Å². The number of aliphatic hydroxyl groups excluding tert-OH is 1. The number of alkyl halides is 1. The maximum Gasteiger partial charge on any atom is 0.338 e. The Morgan fingerprint density at radius 1 is 1.03 bits per heavy atom. The maximum atomic E-state index is 14.6. The number of carbonyl (C=O) groups is 2. The first-order valence-electron chi connectivity index (χ1n) is 8.93. The number of carbonyl (C=O) groups excluding carboxylic acids is 2. The van der Waals surface area contributed by atoms with Gasteiger partial charge in [0, 0.05) is 29.8 Å². The number of benzene rings is 2. The predicted molar refractivity (Wildman–Crippen MR) is 101 cm³/mol. The number of esters is 2. The zero-order valence-corrected chi connectivity index (χ0v) is 16.2. The molecule has 2 aromatic carbocycles. The Labute approximate surface area is 178 Å². The fourth-order valence-corrected chi connectivity index (χ4v) is 3.11. The molecule has 1 aliphatic rings. The van der Waals surface area contributed by atoms with Crippen LogP contribution in [0, 0.1) is 20.2 Å². The summed E-state index contributed by atoms with van der Waals surface area (Å²) in [7, 11) is 1.06. The molecular weight excluding hydrogens is 435 g/mol. The molecule has 0 aliphatic carbocycles. The van der Waals surface area contributed by atoms with Crippen molar-refractivity contribution in [1.82, 2.24) is 0 Å². The second-order valence-electron chi connectivity index (χ2n) is 6.59. The van der Waals surface area contributed by atoms with Gasteiger partial charge >= 0.3 is 11.9 Å². The molecule has 1 N–H and O–H groups in total. The molecule has 1 aliphatic heterocycles. The highest BCUT2D eigenvalue weighted by molar-refractivity contribution is 5.92. The number of nitro groups is 2. The molecule has 2 aromatic rings. The molecule has 32 heavy (non-hydrogen) atoms. The Kier molecular flexibility index (Phi) is 6.41. The average Bonchev–Trinajstić information content (AvgIpc) is 3.06. The highest BCUT2D eigenvalue weighted by Crippen LogP contribution is 2.39. The molecule has 12 nitrogen and oxygen atoms in total. The Hall–Kier alpha value is -3.97. The Morgan fingerprint density at radius 3 is 2.19 bits per heavy atom. The van der Waals surface area contributed by atoms with Crippen LogP contribution in [0.1, 0.15) is 32.4 Å². The second-order valence-corrected chi connectivity index (χ2v) is 6.59. The SMILES string of the molecule is COC(=O)c1ccc([N+](=O)[O-])cc1[C@H]1OC(O)[C@@H](F)[C@@H]1OC(=O)c1ccc([N+](=O)[O-])cc1. The summed E-state index contributed by atoms with van der Waals surface area (Å²) in [4.78, 5) is 45.0. The average molecular weight is 450 g/mol. The van der Waals surface area contributed by atoms with E-state index in [4.69, 9.17) is 9.47 Å². The smallest absolute Gasteiger partial charge is 0.338 e. The van der Waals surface area contributed by atoms with Gasteiger partial charge in [0.1, 0.15) is 6.10 Å². The van der Waals surface area contributed by atoms with Crippen LogP contribution in [0.15, 0.2) is 42.5 Å². The molecular formula is C19H15FN2O10. The number of hydrogen-bond donors (Lipinski definition) is 1. The van der Waals surface area contributed by atoms with Gasteiger partial charge < -0.3 is 19.3 Å². The quantitative estimate of drug-likeness (QED) is 0.391. The first-order valence-corrected chi connectivity index (χ1v) is 8.93. The van der Waals surface area contributed by atoms with E-state index in [0.29, 0.717) is 0 Å². The van der Waals surface area contributed by atoms with Crippen LogP contribution in [0.4, 0.5) is 15.8 Å². The van der Waals surface area contributed by atoms with Gasteiger partial charge in [-0.1, -0.05) is 0 Å².